The second-order valence-corrected chi connectivity index (χ2v) is 7.73. The largest absolute Gasteiger partial charge is 0.338 e. The lowest BCUT2D eigenvalue weighted by molar-refractivity contribution is -0.0494. The van der Waals surface area contributed by atoms with E-state index in [0.29, 0.717) is 30.1 Å². The summed E-state index contributed by atoms with van der Waals surface area (Å²) in [6.07, 6.45) is 4.34. The lowest BCUT2D eigenvalue weighted by Gasteiger charge is -2.31. The lowest BCUT2D eigenvalue weighted by atomic mass is 10.1. The fourth-order valence-corrected chi connectivity index (χ4v) is 3.94. The van der Waals surface area contributed by atoms with Gasteiger partial charge in [-0.15, -0.1) is 0 Å². The highest BCUT2D eigenvalue weighted by Gasteiger charge is 2.35. The third kappa shape index (κ3) is 3.58. The molecule has 0 aliphatic carbocycles. The molecule has 5 rings (SSSR count). The number of carbonyl (C=O) groups is 2. The van der Waals surface area contributed by atoms with E-state index >= 15 is 0 Å². The lowest BCUT2D eigenvalue weighted by Crippen LogP contribution is -2.42. The molecular weight excluding hydrogens is 406 g/mol. The second-order valence-electron chi connectivity index (χ2n) is 7.73. The maximum atomic E-state index is 13.4. The first-order valence-corrected chi connectivity index (χ1v) is 10.1. The van der Waals surface area contributed by atoms with E-state index in [2.05, 4.69) is 15.3 Å². The molecule has 3 aromatic heterocycles. The molecule has 5 heterocycles. The van der Waals surface area contributed by atoms with E-state index in [4.69, 9.17) is 0 Å². The average molecular weight is 426 g/mol. The molecule has 0 saturated carbocycles. The molecule has 0 aromatic carbocycles. The van der Waals surface area contributed by atoms with E-state index in [9.17, 15) is 18.4 Å². The number of nitrogens with zero attached hydrogens (tertiary/aromatic N) is 5. The fourth-order valence-electron chi connectivity index (χ4n) is 3.94. The number of amides is 3. The van der Waals surface area contributed by atoms with E-state index in [0.717, 1.165) is 11.1 Å². The number of rotatable bonds is 3. The molecule has 2 fully saturated rings. The predicted molar refractivity (Wildman–Crippen MR) is 110 cm³/mol. The summed E-state index contributed by atoms with van der Waals surface area (Å²) in [6.45, 7) is 1.25. The quantitative estimate of drug-likeness (QED) is 0.698. The van der Waals surface area contributed by atoms with Crippen LogP contribution in [-0.2, 0) is 0 Å². The average Bonchev–Trinajstić information content (AvgIpc) is 3.39. The number of fused-ring (bicyclic) bond motifs is 1. The number of urea groups is 1. The molecule has 3 aromatic rings. The third-order valence-electron chi connectivity index (χ3n) is 5.70. The Labute approximate surface area is 176 Å². The summed E-state index contributed by atoms with van der Waals surface area (Å²) >= 11 is 0. The van der Waals surface area contributed by atoms with Gasteiger partial charge < -0.3 is 10.2 Å². The summed E-state index contributed by atoms with van der Waals surface area (Å²) in [4.78, 5) is 36.3. The molecule has 2 saturated heterocycles. The van der Waals surface area contributed by atoms with E-state index in [1.807, 2.05) is 22.9 Å². The Morgan fingerprint density at radius 1 is 1.06 bits per heavy atom. The van der Waals surface area contributed by atoms with E-state index in [1.54, 1.807) is 23.2 Å². The second kappa shape index (κ2) is 7.29. The van der Waals surface area contributed by atoms with Crippen molar-refractivity contribution in [2.45, 2.75) is 18.8 Å². The number of alkyl halides is 2. The highest BCUT2D eigenvalue weighted by atomic mass is 19.3. The van der Waals surface area contributed by atoms with Crippen molar-refractivity contribution in [1.29, 1.82) is 0 Å². The Bertz CT molecular complexity index is 1150. The number of hydrogen-bond acceptors (Lipinski definition) is 4. The zero-order chi connectivity index (χ0) is 21.6. The Morgan fingerprint density at radius 2 is 1.87 bits per heavy atom. The van der Waals surface area contributed by atoms with Gasteiger partial charge in [0, 0.05) is 56.8 Å². The SMILES string of the molecule is O=C(c1cnc2c(ccn2-c2ccc(N3CCNC3=O)nc2)c1)N1CCC(F)(F)CC1. The van der Waals surface area contributed by atoms with Crippen molar-refractivity contribution in [3.8, 4) is 5.69 Å². The van der Waals surface area contributed by atoms with Gasteiger partial charge in [0.15, 0.2) is 0 Å². The van der Waals surface area contributed by atoms with E-state index in [1.165, 1.54) is 11.1 Å². The first kappa shape index (κ1) is 19.4. The number of pyridine rings is 2. The van der Waals surface area contributed by atoms with Crippen LogP contribution in [0.2, 0.25) is 0 Å². The van der Waals surface area contributed by atoms with Crippen molar-refractivity contribution in [1.82, 2.24) is 24.8 Å². The number of likely N-dealkylation sites (tertiary alicyclic amines) is 1. The molecule has 0 unspecified atom stereocenters. The van der Waals surface area contributed by atoms with Gasteiger partial charge in [-0.1, -0.05) is 0 Å². The fraction of sp³-hybridized carbons (Fsp3) is 0.333. The highest BCUT2D eigenvalue weighted by Crippen LogP contribution is 2.29. The number of aromatic nitrogens is 3. The summed E-state index contributed by atoms with van der Waals surface area (Å²) in [6, 6.07) is 7.02. The van der Waals surface area contributed by atoms with Crippen LogP contribution in [0.1, 0.15) is 23.2 Å². The van der Waals surface area contributed by atoms with Crippen molar-refractivity contribution in [3.05, 3.63) is 48.4 Å². The molecule has 10 heteroatoms. The molecule has 160 valence electrons. The van der Waals surface area contributed by atoms with Crippen LogP contribution in [0.25, 0.3) is 16.7 Å². The van der Waals surface area contributed by atoms with Crippen LogP contribution in [-0.4, -0.2) is 63.5 Å². The minimum atomic E-state index is -2.70. The van der Waals surface area contributed by atoms with Crippen LogP contribution in [0.5, 0.6) is 0 Å². The predicted octanol–water partition coefficient (Wildman–Crippen LogP) is 2.82. The maximum absolute atomic E-state index is 13.4. The van der Waals surface area contributed by atoms with Crippen LogP contribution >= 0.6 is 0 Å². The van der Waals surface area contributed by atoms with E-state index in [-0.39, 0.29) is 37.9 Å². The third-order valence-corrected chi connectivity index (χ3v) is 5.70. The first-order valence-electron chi connectivity index (χ1n) is 10.1. The van der Waals surface area contributed by atoms with Gasteiger partial charge >= 0.3 is 6.03 Å². The summed E-state index contributed by atoms with van der Waals surface area (Å²) in [5.41, 5.74) is 1.79. The van der Waals surface area contributed by atoms with Crippen molar-refractivity contribution < 1.29 is 18.4 Å². The van der Waals surface area contributed by atoms with Crippen molar-refractivity contribution in [3.63, 3.8) is 0 Å². The summed E-state index contributed by atoms with van der Waals surface area (Å²) in [5.74, 6) is -2.41. The normalized spacial score (nSPS) is 18.5. The van der Waals surface area contributed by atoms with Crippen LogP contribution in [0.4, 0.5) is 19.4 Å². The van der Waals surface area contributed by atoms with Gasteiger partial charge in [-0.3, -0.25) is 14.3 Å². The number of anilines is 1. The monoisotopic (exact) mass is 426 g/mol. The zero-order valence-corrected chi connectivity index (χ0v) is 16.6. The van der Waals surface area contributed by atoms with Gasteiger partial charge in [-0.05, 0) is 24.3 Å². The minimum absolute atomic E-state index is 0.0396. The van der Waals surface area contributed by atoms with Gasteiger partial charge in [-0.2, -0.15) is 0 Å². The maximum Gasteiger partial charge on any atom is 0.323 e. The van der Waals surface area contributed by atoms with Gasteiger partial charge in [0.25, 0.3) is 11.8 Å². The topological polar surface area (TPSA) is 83.4 Å². The van der Waals surface area contributed by atoms with Crippen LogP contribution in [0, 0.1) is 0 Å². The number of hydrogen-bond donors (Lipinski definition) is 1. The molecule has 0 radical (unpaired) electrons. The molecule has 3 amide bonds. The van der Waals surface area contributed by atoms with Crippen LogP contribution < -0.4 is 10.2 Å². The zero-order valence-electron chi connectivity index (χ0n) is 16.6. The Balaban J connectivity index is 1.37. The molecule has 2 aliphatic rings. The summed E-state index contributed by atoms with van der Waals surface area (Å²) in [5, 5.41) is 3.50. The molecule has 0 spiro atoms. The number of nitrogens with one attached hydrogen (secondary N) is 1. The molecule has 8 nitrogen and oxygen atoms in total. The Hall–Kier alpha value is -3.56. The molecule has 1 N–H and O–H groups in total. The van der Waals surface area contributed by atoms with Gasteiger partial charge in [0.1, 0.15) is 11.5 Å². The van der Waals surface area contributed by atoms with Gasteiger partial charge in [-0.25, -0.2) is 23.5 Å². The first-order chi connectivity index (χ1) is 14.9. The number of piperidine rings is 1. The Kier molecular flexibility index (Phi) is 4.57. The van der Waals surface area contributed by atoms with Crippen LogP contribution in [0.3, 0.4) is 0 Å². The number of carbonyl (C=O) groups excluding carboxylic acids is 2. The smallest absolute Gasteiger partial charge is 0.323 e. The van der Waals surface area contributed by atoms with E-state index < -0.39 is 5.92 Å². The molecular formula is C21H20F2N6O2. The summed E-state index contributed by atoms with van der Waals surface area (Å²) in [7, 11) is 0. The van der Waals surface area contributed by atoms with Gasteiger partial charge in [0.05, 0.1) is 17.4 Å². The number of halogens is 2. The standard InChI is InChI=1S/C21H20F2N6O2/c22-21(23)4-8-27(9-5-21)19(30)15-11-14-3-7-28(18(14)26-12-15)16-1-2-17(25-13-16)29-10-6-24-20(29)31/h1-3,7,11-13H,4-6,8-10H2,(H,24,31). The minimum Gasteiger partial charge on any atom is -0.338 e. The highest BCUT2D eigenvalue weighted by molar-refractivity contribution is 5.97. The van der Waals surface area contributed by atoms with Crippen molar-refractivity contribution in [2.75, 3.05) is 31.1 Å². The van der Waals surface area contributed by atoms with Gasteiger partial charge in [0.2, 0.25) is 0 Å². The van der Waals surface area contributed by atoms with Crippen LogP contribution in [0.15, 0.2) is 42.9 Å². The van der Waals surface area contributed by atoms with Crippen molar-refractivity contribution >= 4 is 28.8 Å². The molecule has 2 aliphatic heterocycles. The molecule has 0 atom stereocenters. The summed E-state index contributed by atoms with van der Waals surface area (Å²) < 4.78 is 28.6. The van der Waals surface area contributed by atoms with Crippen molar-refractivity contribution in [2.24, 2.45) is 0 Å². The molecule has 31 heavy (non-hydrogen) atoms. The molecule has 0 bridgehead atoms. The Morgan fingerprint density at radius 3 is 2.55 bits per heavy atom.